The summed E-state index contributed by atoms with van der Waals surface area (Å²) in [7, 11) is 0. The number of thiol groups is 1. The molecule has 0 aliphatic carbocycles. The van der Waals surface area contributed by atoms with Crippen molar-refractivity contribution in [1.29, 1.82) is 0 Å². The standard InChI is InChI=1S/C10H19N3O4S2/c1-19-3-2-7(10(16)17)13-8(14)4-12-9(15)6(11)5-18/h6-7,18H,2-5,11H2,1H3,(H,12,15)(H,13,14)(H,16,17). The molecule has 0 aliphatic rings. The zero-order chi connectivity index (χ0) is 14.8. The largest absolute Gasteiger partial charge is 0.480 e. The number of nitrogens with two attached hydrogens (primary N) is 1. The van der Waals surface area contributed by atoms with E-state index >= 15 is 0 Å². The number of thioether (sulfide) groups is 1. The van der Waals surface area contributed by atoms with Crippen LogP contribution in [0.1, 0.15) is 6.42 Å². The number of carbonyl (C=O) groups is 3. The fourth-order valence-electron chi connectivity index (χ4n) is 1.12. The number of hydrogen-bond acceptors (Lipinski definition) is 6. The number of carboxylic acid groups (broad SMARTS) is 1. The summed E-state index contributed by atoms with van der Waals surface area (Å²) in [4.78, 5) is 33.7. The van der Waals surface area contributed by atoms with Gasteiger partial charge in [0.25, 0.3) is 0 Å². The summed E-state index contributed by atoms with van der Waals surface area (Å²) >= 11 is 5.34. The molecular formula is C10H19N3O4S2. The molecule has 0 fully saturated rings. The number of carbonyl (C=O) groups excluding carboxylic acids is 2. The van der Waals surface area contributed by atoms with Crippen LogP contribution in [0.2, 0.25) is 0 Å². The van der Waals surface area contributed by atoms with Gasteiger partial charge in [0.1, 0.15) is 6.04 Å². The van der Waals surface area contributed by atoms with E-state index in [0.717, 1.165) is 0 Å². The highest BCUT2D eigenvalue weighted by Crippen LogP contribution is 2.00. The van der Waals surface area contributed by atoms with Crippen LogP contribution in [0.4, 0.5) is 0 Å². The molecule has 0 aromatic heterocycles. The van der Waals surface area contributed by atoms with Crippen molar-refractivity contribution in [2.75, 3.05) is 24.3 Å². The van der Waals surface area contributed by atoms with Gasteiger partial charge < -0.3 is 21.5 Å². The molecule has 9 heteroatoms. The van der Waals surface area contributed by atoms with Crippen molar-refractivity contribution < 1.29 is 19.5 Å². The Balaban J connectivity index is 4.13. The van der Waals surface area contributed by atoms with Crippen LogP contribution in [-0.2, 0) is 14.4 Å². The molecule has 0 heterocycles. The Morgan fingerprint density at radius 3 is 2.53 bits per heavy atom. The van der Waals surface area contributed by atoms with E-state index in [9.17, 15) is 14.4 Å². The first-order valence-corrected chi connectivity index (χ1v) is 7.60. The quantitative estimate of drug-likeness (QED) is 0.337. The molecule has 0 bridgehead atoms. The van der Waals surface area contributed by atoms with E-state index in [1.165, 1.54) is 11.8 Å². The Morgan fingerprint density at radius 1 is 1.42 bits per heavy atom. The molecule has 0 aliphatic heterocycles. The lowest BCUT2D eigenvalue weighted by Crippen LogP contribution is -2.49. The molecule has 110 valence electrons. The summed E-state index contributed by atoms with van der Waals surface area (Å²) in [5, 5.41) is 13.6. The molecule has 0 spiro atoms. The number of aliphatic carboxylic acids is 1. The van der Waals surface area contributed by atoms with Crippen molar-refractivity contribution in [2.24, 2.45) is 5.73 Å². The van der Waals surface area contributed by atoms with Gasteiger partial charge in [-0.3, -0.25) is 9.59 Å². The van der Waals surface area contributed by atoms with Crippen molar-refractivity contribution >= 4 is 42.2 Å². The summed E-state index contributed by atoms with van der Waals surface area (Å²) in [6.07, 6.45) is 2.17. The SMILES string of the molecule is CSCCC(NC(=O)CNC(=O)C(N)CS)C(=O)O. The van der Waals surface area contributed by atoms with Gasteiger partial charge in [-0.25, -0.2) is 4.79 Å². The van der Waals surface area contributed by atoms with E-state index in [4.69, 9.17) is 10.8 Å². The van der Waals surface area contributed by atoms with Crippen LogP contribution in [0.5, 0.6) is 0 Å². The molecular weight excluding hydrogens is 290 g/mol. The molecule has 0 radical (unpaired) electrons. The molecule has 0 aromatic rings. The van der Waals surface area contributed by atoms with Crippen LogP contribution < -0.4 is 16.4 Å². The number of hydrogen-bond donors (Lipinski definition) is 5. The average molecular weight is 309 g/mol. The van der Waals surface area contributed by atoms with Crippen LogP contribution in [0, 0.1) is 0 Å². The molecule has 2 unspecified atom stereocenters. The summed E-state index contributed by atoms with van der Waals surface area (Å²) in [5.74, 6) is -1.37. The van der Waals surface area contributed by atoms with E-state index in [0.29, 0.717) is 12.2 Å². The fourth-order valence-corrected chi connectivity index (χ4v) is 1.76. The number of rotatable bonds is 9. The molecule has 0 saturated carbocycles. The average Bonchev–Trinajstić information content (AvgIpc) is 2.39. The van der Waals surface area contributed by atoms with Crippen molar-refractivity contribution in [3.8, 4) is 0 Å². The number of carboxylic acids is 1. The normalized spacial score (nSPS) is 13.4. The number of amides is 2. The smallest absolute Gasteiger partial charge is 0.326 e. The molecule has 0 rings (SSSR count). The zero-order valence-corrected chi connectivity index (χ0v) is 12.3. The summed E-state index contributed by atoms with van der Waals surface area (Å²) in [6, 6.07) is -1.74. The minimum Gasteiger partial charge on any atom is -0.480 e. The lowest BCUT2D eigenvalue weighted by Gasteiger charge is -2.15. The first-order valence-electron chi connectivity index (χ1n) is 5.57. The first kappa shape index (κ1) is 18.1. The lowest BCUT2D eigenvalue weighted by atomic mass is 10.2. The molecule has 19 heavy (non-hydrogen) atoms. The summed E-state index contributed by atoms with van der Waals surface area (Å²) in [5.41, 5.74) is 5.40. The van der Waals surface area contributed by atoms with Crippen LogP contribution in [-0.4, -0.2) is 59.3 Å². The first-order chi connectivity index (χ1) is 8.92. The van der Waals surface area contributed by atoms with Crippen molar-refractivity contribution in [3.05, 3.63) is 0 Å². The molecule has 2 amide bonds. The maximum Gasteiger partial charge on any atom is 0.326 e. The molecule has 0 saturated heterocycles. The van der Waals surface area contributed by atoms with Gasteiger partial charge in [-0.05, 0) is 18.4 Å². The predicted molar refractivity (Wildman–Crippen MR) is 77.4 cm³/mol. The van der Waals surface area contributed by atoms with E-state index < -0.39 is 29.9 Å². The minimum absolute atomic E-state index is 0.166. The Hall–Kier alpha value is -0.930. The summed E-state index contributed by atoms with van der Waals surface area (Å²) < 4.78 is 0. The molecule has 7 nitrogen and oxygen atoms in total. The van der Waals surface area contributed by atoms with E-state index in [-0.39, 0.29) is 12.3 Å². The van der Waals surface area contributed by atoms with Gasteiger partial charge in [0, 0.05) is 5.75 Å². The van der Waals surface area contributed by atoms with Gasteiger partial charge in [0.2, 0.25) is 11.8 Å². The van der Waals surface area contributed by atoms with Crippen molar-refractivity contribution in [1.82, 2.24) is 10.6 Å². The minimum atomic E-state index is -1.10. The van der Waals surface area contributed by atoms with Crippen molar-refractivity contribution in [3.63, 3.8) is 0 Å². The number of nitrogens with one attached hydrogen (secondary N) is 2. The van der Waals surface area contributed by atoms with Crippen LogP contribution >= 0.6 is 24.4 Å². The second kappa shape index (κ2) is 9.93. The van der Waals surface area contributed by atoms with Gasteiger partial charge in [0.05, 0.1) is 12.6 Å². The van der Waals surface area contributed by atoms with Crippen LogP contribution in [0.25, 0.3) is 0 Å². The molecule has 0 aromatic carbocycles. The zero-order valence-electron chi connectivity index (χ0n) is 10.6. The van der Waals surface area contributed by atoms with Crippen LogP contribution in [0.3, 0.4) is 0 Å². The van der Waals surface area contributed by atoms with E-state index in [1.807, 2.05) is 6.26 Å². The Labute approximate surface area is 121 Å². The monoisotopic (exact) mass is 309 g/mol. The lowest BCUT2D eigenvalue weighted by molar-refractivity contribution is -0.141. The third-order valence-corrected chi connectivity index (χ3v) is 3.24. The van der Waals surface area contributed by atoms with E-state index in [2.05, 4.69) is 23.3 Å². The maximum atomic E-state index is 11.5. The Morgan fingerprint density at radius 2 is 2.05 bits per heavy atom. The Bertz CT molecular complexity index is 328. The third-order valence-electron chi connectivity index (χ3n) is 2.20. The molecule has 5 N–H and O–H groups in total. The highest BCUT2D eigenvalue weighted by molar-refractivity contribution is 7.98. The van der Waals surface area contributed by atoms with Gasteiger partial charge in [-0.1, -0.05) is 0 Å². The highest BCUT2D eigenvalue weighted by atomic mass is 32.2. The highest BCUT2D eigenvalue weighted by Gasteiger charge is 2.20. The second-order valence-corrected chi connectivity index (χ2v) is 5.10. The van der Waals surface area contributed by atoms with Gasteiger partial charge in [0.15, 0.2) is 0 Å². The van der Waals surface area contributed by atoms with Gasteiger partial charge >= 0.3 is 5.97 Å². The fraction of sp³-hybridized carbons (Fsp3) is 0.700. The van der Waals surface area contributed by atoms with E-state index in [1.54, 1.807) is 0 Å². The molecule has 2 atom stereocenters. The summed E-state index contributed by atoms with van der Waals surface area (Å²) in [6.45, 7) is -0.302. The van der Waals surface area contributed by atoms with Crippen LogP contribution in [0.15, 0.2) is 0 Å². The maximum absolute atomic E-state index is 11.5. The second-order valence-electron chi connectivity index (χ2n) is 3.75. The van der Waals surface area contributed by atoms with Crippen molar-refractivity contribution in [2.45, 2.75) is 18.5 Å². The van der Waals surface area contributed by atoms with Gasteiger partial charge in [-0.2, -0.15) is 24.4 Å². The predicted octanol–water partition coefficient (Wildman–Crippen LogP) is -1.32. The van der Waals surface area contributed by atoms with Gasteiger partial charge in [-0.15, -0.1) is 0 Å². The topological polar surface area (TPSA) is 122 Å². The third kappa shape index (κ3) is 7.96. The Kier molecular flexibility index (Phi) is 9.44.